The van der Waals surface area contributed by atoms with E-state index in [0.717, 1.165) is 5.56 Å². The monoisotopic (exact) mass is 471 g/mol. The van der Waals surface area contributed by atoms with Crippen molar-refractivity contribution in [3.63, 3.8) is 0 Å². The summed E-state index contributed by atoms with van der Waals surface area (Å²) in [5.41, 5.74) is 1.55. The number of hydrogen-bond acceptors (Lipinski definition) is 5. The first-order valence-corrected chi connectivity index (χ1v) is 12.4. The molecule has 1 fully saturated rings. The lowest BCUT2D eigenvalue weighted by Crippen LogP contribution is -2.35. The fourth-order valence-electron chi connectivity index (χ4n) is 3.58. The summed E-state index contributed by atoms with van der Waals surface area (Å²) in [6.45, 7) is 0.479. The molecule has 0 spiro atoms. The zero-order valence-corrected chi connectivity index (χ0v) is 19.0. The first-order valence-electron chi connectivity index (χ1n) is 10.0. The maximum absolute atomic E-state index is 13.3. The molecule has 2 aromatic carbocycles. The molecular formula is C23H22ClN3O4S. The Bertz CT molecular complexity index is 1200. The Morgan fingerprint density at radius 1 is 1.09 bits per heavy atom. The Balaban J connectivity index is 1.65. The van der Waals surface area contributed by atoms with Gasteiger partial charge < -0.3 is 9.64 Å². The molecule has 7 nitrogen and oxygen atoms in total. The Labute approximate surface area is 192 Å². The number of benzene rings is 2. The molecule has 2 amide bonds. The predicted molar refractivity (Wildman–Crippen MR) is 124 cm³/mol. The maximum Gasteiger partial charge on any atom is 0.325 e. The summed E-state index contributed by atoms with van der Waals surface area (Å²) in [5.74, 6) is 0.971. The van der Waals surface area contributed by atoms with Crippen molar-refractivity contribution in [3.8, 4) is 11.6 Å². The molecule has 1 aromatic heterocycles. The van der Waals surface area contributed by atoms with Crippen LogP contribution in [-0.4, -0.2) is 49.4 Å². The first kappa shape index (κ1) is 22.1. The van der Waals surface area contributed by atoms with Crippen LogP contribution in [0.15, 0.2) is 72.9 Å². The molecule has 0 aliphatic carbocycles. The highest BCUT2D eigenvalue weighted by molar-refractivity contribution is 7.90. The van der Waals surface area contributed by atoms with Gasteiger partial charge in [0.15, 0.2) is 0 Å². The van der Waals surface area contributed by atoms with Crippen LogP contribution in [0.25, 0.3) is 0 Å². The smallest absolute Gasteiger partial charge is 0.325 e. The van der Waals surface area contributed by atoms with Gasteiger partial charge in [-0.25, -0.2) is 18.2 Å². The second-order valence-corrected chi connectivity index (χ2v) is 10.3. The molecule has 2 heterocycles. The lowest BCUT2D eigenvalue weighted by atomic mass is 10.1. The van der Waals surface area contributed by atoms with Gasteiger partial charge in [-0.05, 0) is 48.0 Å². The largest absolute Gasteiger partial charge is 0.439 e. The molecule has 0 saturated carbocycles. The van der Waals surface area contributed by atoms with Crippen LogP contribution in [0.1, 0.15) is 11.6 Å². The number of halogens is 1. The molecule has 1 saturated heterocycles. The molecule has 1 aliphatic heterocycles. The van der Waals surface area contributed by atoms with Gasteiger partial charge in [-0.2, -0.15) is 0 Å². The molecule has 4 rings (SSSR count). The van der Waals surface area contributed by atoms with Crippen molar-refractivity contribution in [2.75, 3.05) is 30.0 Å². The number of urea groups is 1. The highest BCUT2D eigenvalue weighted by Crippen LogP contribution is 2.36. The first-order chi connectivity index (χ1) is 15.3. The van der Waals surface area contributed by atoms with Crippen LogP contribution in [0.5, 0.6) is 11.6 Å². The zero-order chi connectivity index (χ0) is 22.7. The van der Waals surface area contributed by atoms with E-state index in [4.69, 9.17) is 16.3 Å². The van der Waals surface area contributed by atoms with Crippen LogP contribution in [0.2, 0.25) is 5.02 Å². The van der Waals surface area contributed by atoms with Crippen molar-refractivity contribution < 1.29 is 17.9 Å². The molecule has 1 atom stereocenters. The standard InChI is InChI=1S/C23H22ClN3O4S/c1-32(29,30)14-13-26-16-21(27(23(26)28)19-10-8-18(24)9-11-19)17-5-4-6-20(15-17)31-22-7-2-3-12-25-22/h2-12,15,21H,13-14,16H2,1H3. The van der Waals surface area contributed by atoms with Crippen molar-refractivity contribution in [1.82, 2.24) is 9.88 Å². The number of aromatic nitrogens is 1. The SMILES string of the molecule is CS(=O)(=O)CCN1CC(c2cccc(Oc3ccccn3)c2)N(c2ccc(Cl)cc2)C1=O. The van der Waals surface area contributed by atoms with E-state index in [1.807, 2.05) is 36.4 Å². The second-order valence-electron chi connectivity index (χ2n) is 7.56. The third-order valence-electron chi connectivity index (χ3n) is 5.12. The van der Waals surface area contributed by atoms with Gasteiger partial charge in [0.1, 0.15) is 15.6 Å². The van der Waals surface area contributed by atoms with Gasteiger partial charge in [0, 0.05) is 42.3 Å². The van der Waals surface area contributed by atoms with Crippen LogP contribution in [-0.2, 0) is 9.84 Å². The number of hydrogen-bond donors (Lipinski definition) is 0. The van der Waals surface area contributed by atoms with E-state index in [1.165, 1.54) is 6.26 Å². The van der Waals surface area contributed by atoms with E-state index in [2.05, 4.69) is 4.98 Å². The average Bonchev–Trinajstić information content (AvgIpc) is 3.10. The van der Waals surface area contributed by atoms with Gasteiger partial charge in [0.25, 0.3) is 0 Å². The molecule has 0 bridgehead atoms. The lowest BCUT2D eigenvalue weighted by molar-refractivity contribution is 0.223. The van der Waals surface area contributed by atoms with Crippen molar-refractivity contribution in [2.45, 2.75) is 6.04 Å². The summed E-state index contributed by atoms with van der Waals surface area (Å²) in [5, 5.41) is 0.566. The van der Waals surface area contributed by atoms with Gasteiger partial charge in [-0.15, -0.1) is 0 Å². The quantitative estimate of drug-likeness (QED) is 0.504. The molecule has 166 valence electrons. The molecule has 0 N–H and O–H groups in total. The van der Waals surface area contributed by atoms with Crippen LogP contribution in [0.4, 0.5) is 10.5 Å². The van der Waals surface area contributed by atoms with Gasteiger partial charge in [0.05, 0.1) is 11.8 Å². The molecule has 32 heavy (non-hydrogen) atoms. The van der Waals surface area contributed by atoms with Gasteiger partial charge >= 0.3 is 6.03 Å². The maximum atomic E-state index is 13.3. The number of sulfone groups is 1. The number of anilines is 1. The van der Waals surface area contributed by atoms with E-state index >= 15 is 0 Å². The minimum Gasteiger partial charge on any atom is -0.439 e. The van der Waals surface area contributed by atoms with E-state index < -0.39 is 9.84 Å². The molecule has 3 aromatic rings. The van der Waals surface area contributed by atoms with E-state index in [-0.39, 0.29) is 24.4 Å². The Morgan fingerprint density at radius 3 is 2.56 bits per heavy atom. The summed E-state index contributed by atoms with van der Waals surface area (Å²) in [7, 11) is -3.20. The number of nitrogens with zero attached hydrogens (tertiary/aromatic N) is 3. The summed E-state index contributed by atoms with van der Waals surface area (Å²) >= 11 is 6.03. The normalized spacial score (nSPS) is 16.4. The van der Waals surface area contributed by atoms with E-state index in [9.17, 15) is 13.2 Å². The third kappa shape index (κ3) is 5.20. The Kier molecular flexibility index (Phi) is 6.34. The van der Waals surface area contributed by atoms with Gasteiger partial charge in [-0.3, -0.25) is 4.90 Å². The topological polar surface area (TPSA) is 79.8 Å². The highest BCUT2D eigenvalue weighted by Gasteiger charge is 2.39. The lowest BCUT2D eigenvalue weighted by Gasteiger charge is -2.24. The fraction of sp³-hybridized carbons (Fsp3) is 0.217. The van der Waals surface area contributed by atoms with E-state index in [0.29, 0.717) is 28.9 Å². The number of carbonyl (C=O) groups excluding carboxylic acids is 1. The summed E-state index contributed by atoms with van der Waals surface area (Å²) < 4.78 is 29.2. The molecule has 1 unspecified atom stereocenters. The molecule has 9 heteroatoms. The summed E-state index contributed by atoms with van der Waals surface area (Å²) in [6.07, 6.45) is 2.82. The predicted octanol–water partition coefficient (Wildman–Crippen LogP) is 4.56. The second kappa shape index (κ2) is 9.18. The minimum atomic E-state index is -3.20. The van der Waals surface area contributed by atoms with Gasteiger partial charge in [-0.1, -0.05) is 29.8 Å². The average molecular weight is 472 g/mol. The van der Waals surface area contributed by atoms with Crippen molar-refractivity contribution in [3.05, 3.63) is 83.5 Å². The zero-order valence-electron chi connectivity index (χ0n) is 17.4. The minimum absolute atomic E-state index is 0.0945. The third-order valence-corrected chi connectivity index (χ3v) is 6.30. The Morgan fingerprint density at radius 2 is 1.88 bits per heavy atom. The number of pyridine rings is 1. The van der Waals surface area contributed by atoms with E-state index in [1.54, 1.807) is 46.3 Å². The Hall–Kier alpha value is -3.10. The molecule has 1 aliphatic rings. The fourth-order valence-corrected chi connectivity index (χ4v) is 4.26. The van der Waals surface area contributed by atoms with Crippen molar-refractivity contribution >= 4 is 33.2 Å². The number of carbonyl (C=O) groups is 1. The number of rotatable bonds is 7. The molecular weight excluding hydrogens is 450 g/mol. The molecule has 0 radical (unpaired) electrons. The van der Waals surface area contributed by atoms with Crippen LogP contribution < -0.4 is 9.64 Å². The van der Waals surface area contributed by atoms with Gasteiger partial charge in [0.2, 0.25) is 5.88 Å². The summed E-state index contributed by atoms with van der Waals surface area (Å²) in [4.78, 5) is 20.7. The van der Waals surface area contributed by atoms with Crippen LogP contribution in [0.3, 0.4) is 0 Å². The number of ether oxygens (including phenoxy) is 1. The summed E-state index contributed by atoms with van der Waals surface area (Å²) in [6, 6.07) is 19.3. The van der Waals surface area contributed by atoms with Crippen LogP contribution in [0, 0.1) is 0 Å². The van der Waals surface area contributed by atoms with Crippen molar-refractivity contribution in [1.29, 1.82) is 0 Å². The van der Waals surface area contributed by atoms with Crippen LogP contribution >= 0.6 is 11.6 Å². The number of amides is 2. The van der Waals surface area contributed by atoms with Crippen molar-refractivity contribution in [2.24, 2.45) is 0 Å². The highest BCUT2D eigenvalue weighted by atomic mass is 35.5.